The largest absolute Gasteiger partial charge is 0.394 e. The van der Waals surface area contributed by atoms with Crippen LogP contribution in [-0.4, -0.2) is 16.3 Å². The van der Waals surface area contributed by atoms with Gasteiger partial charge in [-0.15, -0.1) is 0 Å². The molecule has 1 heterocycles. The normalized spacial score (nSPS) is 12.7. The van der Waals surface area contributed by atoms with E-state index in [1.54, 1.807) is 24.4 Å². The minimum atomic E-state index is -0.431. The van der Waals surface area contributed by atoms with Crippen molar-refractivity contribution in [2.24, 2.45) is 5.92 Å². The van der Waals surface area contributed by atoms with Crippen molar-refractivity contribution < 1.29 is 9.50 Å². The van der Waals surface area contributed by atoms with E-state index < -0.39 is 5.82 Å². The molecule has 0 fully saturated rings. The molecule has 0 aliphatic heterocycles. The first-order valence-electron chi connectivity index (χ1n) is 8.60. The van der Waals surface area contributed by atoms with Gasteiger partial charge in [0.05, 0.1) is 23.2 Å². The van der Waals surface area contributed by atoms with Gasteiger partial charge in [0.2, 0.25) is 0 Å². The van der Waals surface area contributed by atoms with Crippen LogP contribution in [0.1, 0.15) is 31.0 Å². The Morgan fingerprint density at radius 3 is 2.65 bits per heavy atom. The Morgan fingerprint density at radius 2 is 1.96 bits per heavy atom. The van der Waals surface area contributed by atoms with Crippen LogP contribution in [0.5, 0.6) is 0 Å². The van der Waals surface area contributed by atoms with Gasteiger partial charge in [-0.05, 0) is 35.2 Å². The summed E-state index contributed by atoms with van der Waals surface area (Å²) in [5, 5.41) is 10.4. The summed E-state index contributed by atoms with van der Waals surface area (Å²) in [4.78, 5) is 12.4. The molecule has 5 heteroatoms. The Morgan fingerprint density at radius 1 is 1.19 bits per heavy atom. The van der Waals surface area contributed by atoms with Gasteiger partial charge in [0.25, 0.3) is 0 Å². The van der Waals surface area contributed by atoms with Crippen molar-refractivity contribution in [3.8, 4) is 0 Å². The van der Waals surface area contributed by atoms with E-state index in [1.165, 1.54) is 12.1 Å². The lowest BCUT2D eigenvalue weighted by Crippen LogP contribution is -2.21. The molecule has 0 aliphatic rings. The fourth-order valence-corrected chi connectivity index (χ4v) is 3.44. The lowest BCUT2D eigenvalue weighted by atomic mass is 10.0. The summed E-state index contributed by atoms with van der Waals surface area (Å²) in [5.74, 6) is -0.217. The lowest BCUT2D eigenvalue weighted by molar-refractivity contribution is 0.196. The number of rotatable bonds is 5. The zero-order valence-electron chi connectivity index (χ0n) is 14.7. The highest BCUT2D eigenvalue weighted by Crippen LogP contribution is 2.25. The molecular formula is C21H21ClFNO2. The predicted octanol–water partition coefficient (Wildman–Crippen LogP) is 4.57. The van der Waals surface area contributed by atoms with Crippen molar-refractivity contribution in [2.45, 2.75) is 26.3 Å². The molecule has 0 amide bonds. The number of hydrogen-bond donors (Lipinski definition) is 1. The van der Waals surface area contributed by atoms with Crippen LogP contribution < -0.4 is 5.43 Å². The first-order chi connectivity index (χ1) is 12.4. The van der Waals surface area contributed by atoms with Crippen molar-refractivity contribution in [3.05, 3.63) is 80.9 Å². The molecule has 0 unspecified atom stereocenters. The van der Waals surface area contributed by atoms with Gasteiger partial charge in [-0.2, -0.15) is 0 Å². The number of aromatic nitrogens is 1. The first kappa shape index (κ1) is 18.6. The maximum atomic E-state index is 14.2. The summed E-state index contributed by atoms with van der Waals surface area (Å²) in [6, 6.07) is 11.8. The van der Waals surface area contributed by atoms with Gasteiger partial charge < -0.3 is 9.67 Å². The Hall–Kier alpha value is -2.17. The Labute approximate surface area is 156 Å². The van der Waals surface area contributed by atoms with Gasteiger partial charge in [0.1, 0.15) is 5.82 Å². The minimum absolute atomic E-state index is 0.00882. The van der Waals surface area contributed by atoms with Crippen molar-refractivity contribution in [2.75, 3.05) is 6.61 Å². The molecule has 0 radical (unpaired) electrons. The van der Waals surface area contributed by atoms with Crippen LogP contribution in [0.15, 0.2) is 53.5 Å². The molecule has 0 saturated carbocycles. The second kappa shape index (κ2) is 7.60. The van der Waals surface area contributed by atoms with E-state index in [9.17, 15) is 14.3 Å². The summed E-state index contributed by atoms with van der Waals surface area (Å²) >= 11 is 5.85. The lowest BCUT2D eigenvalue weighted by Gasteiger charge is -2.24. The molecule has 0 spiro atoms. The number of aliphatic hydroxyl groups is 1. The zero-order valence-corrected chi connectivity index (χ0v) is 15.5. The van der Waals surface area contributed by atoms with E-state index in [1.807, 2.05) is 30.5 Å². The quantitative estimate of drug-likeness (QED) is 0.711. The van der Waals surface area contributed by atoms with Gasteiger partial charge >= 0.3 is 0 Å². The second-order valence-corrected chi connectivity index (χ2v) is 7.23. The van der Waals surface area contributed by atoms with E-state index >= 15 is 0 Å². The molecule has 136 valence electrons. The highest BCUT2D eigenvalue weighted by Gasteiger charge is 2.16. The van der Waals surface area contributed by atoms with Crippen LogP contribution in [-0.2, 0) is 6.42 Å². The Bertz CT molecular complexity index is 997. The van der Waals surface area contributed by atoms with E-state index in [2.05, 4.69) is 0 Å². The van der Waals surface area contributed by atoms with Crippen LogP contribution in [0.25, 0.3) is 10.9 Å². The minimum Gasteiger partial charge on any atom is -0.394 e. The smallest absolute Gasteiger partial charge is 0.189 e. The van der Waals surface area contributed by atoms with E-state index in [0.717, 1.165) is 11.1 Å². The van der Waals surface area contributed by atoms with Gasteiger partial charge in [-0.1, -0.05) is 43.6 Å². The number of aliphatic hydroxyl groups excluding tert-OH is 1. The van der Waals surface area contributed by atoms with Gasteiger partial charge in [0, 0.05) is 24.1 Å². The number of nitrogens with zero attached hydrogens (tertiary/aromatic N) is 1. The average Bonchev–Trinajstić information content (AvgIpc) is 2.61. The van der Waals surface area contributed by atoms with Crippen molar-refractivity contribution >= 4 is 22.5 Å². The molecule has 0 bridgehead atoms. The number of halogens is 2. The van der Waals surface area contributed by atoms with Crippen molar-refractivity contribution in [1.82, 2.24) is 4.57 Å². The second-order valence-electron chi connectivity index (χ2n) is 6.82. The van der Waals surface area contributed by atoms with Crippen LogP contribution in [0.4, 0.5) is 4.39 Å². The zero-order chi connectivity index (χ0) is 18.8. The number of hydrogen-bond acceptors (Lipinski definition) is 2. The molecule has 3 aromatic rings. The predicted molar refractivity (Wildman–Crippen MR) is 103 cm³/mol. The molecular weight excluding hydrogens is 353 g/mol. The van der Waals surface area contributed by atoms with Gasteiger partial charge in [-0.3, -0.25) is 4.79 Å². The van der Waals surface area contributed by atoms with E-state index in [0.29, 0.717) is 17.4 Å². The molecule has 26 heavy (non-hydrogen) atoms. The maximum Gasteiger partial charge on any atom is 0.189 e. The molecule has 1 atom stereocenters. The van der Waals surface area contributed by atoms with Gasteiger partial charge in [-0.25, -0.2) is 4.39 Å². The Balaban J connectivity index is 2.08. The third kappa shape index (κ3) is 3.53. The van der Waals surface area contributed by atoms with Gasteiger partial charge in [0.15, 0.2) is 5.43 Å². The summed E-state index contributed by atoms with van der Waals surface area (Å²) in [7, 11) is 0. The average molecular weight is 374 g/mol. The molecule has 2 aromatic carbocycles. The topological polar surface area (TPSA) is 42.2 Å². The van der Waals surface area contributed by atoms with E-state index in [-0.39, 0.29) is 29.0 Å². The van der Waals surface area contributed by atoms with Crippen molar-refractivity contribution in [3.63, 3.8) is 0 Å². The Kier molecular flexibility index (Phi) is 5.44. The molecule has 1 aromatic heterocycles. The highest BCUT2D eigenvalue weighted by atomic mass is 35.5. The monoisotopic (exact) mass is 373 g/mol. The summed E-state index contributed by atoms with van der Waals surface area (Å²) in [5.41, 5.74) is 1.99. The van der Waals surface area contributed by atoms with Crippen LogP contribution in [0, 0.1) is 11.7 Å². The molecule has 0 saturated heterocycles. The fraction of sp³-hybridized carbons (Fsp3) is 0.286. The van der Waals surface area contributed by atoms with Crippen LogP contribution >= 0.6 is 11.6 Å². The van der Waals surface area contributed by atoms with E-state index in [4.69, 9.17) is 11.6 Å². The molecule has 1 N–H and O–H groups in total. The third-order valence-corrected chi connectivity index (χ3v) is 5.02. The highest BCUT2D eigenvalue weighted by molar-refractivity contribution is 6.30. The standard InChI is InChI=1S/C21H21ClFNO2/c1-13(2)19(12-25)24-9-8-20(26)16-11-14(6-7-18(16)24)10-15-4-3-5-17(22)21(15)23/h3-9,11,13,19,25H,10,12H2,1-2H3/t19-/m1/s1. The summed E-state index contributed by atoms with van der Waals surface area (Å²) in [6.45, 7) is 4.05. The number of pyridine rings is 1. The first-order valence-corrected chi connectivity index (χ1v) is 8.97. The van der Waals surface area contributed by atoms with Crippen LogP contribution in [0.2, 0.25) is 5.02 Å². The van der Waals surface area contributed by atoms with Crippen molar-refractivity contribution in [1.29, 1.82) is 0 Å². The third-order valence-electron chi connectivity index (χ3n) is 4.73. The summed E-state index contributed by atoms with van der Waals surface area (Å²) < 4.78 is 16.1. The fourth-order valence-electron chi connectivity index (χ4n) is 3.25. The maximum absolute atomic E-state index is 14.2. The molecule has 3 nitrogen and oxygen atoms in total. The van der Waals surface area contributed by atoms with Crippen LogP contribution in [0.3, 0.4) is 0 Å². The number of benzene rings is 2. The molecule has 3 rings (SSSR count). The SMILES string of the molecule is CC(C)[C@@H](CO)n1ccc(=O)c2cc(Cc3cccc(Cl)c3F)ccc21. The summed E-state index contributed by atoms with van der Waals surface area (Å²) in [6.07, 6.45) is 2.08. The number of fused-ring (bicyclic) bond motifs is 1. The molecule has 0 aliphatic carbocycles.